The lowest BCUT2D eigenvalue weighted by molar-refractivity contribution is 0.211. The van der Waals surface area contributed by atoms with E-state index in [0.29, 0.717) is 0 Å². The lowest BCUT2D eigenvalue weighted by Gasteiger charge is -1.99. The monoisotopic (exact) mass is 126 g/mol. The molecule has 0 fully saturated rings. The molecule has 9 heavy (non-hydrogen) atoms. The standard InChI is InChI=1S/C8H14O/c1-7-4-2-3-5-8(9)6-7/h6,8-9H,2-5H2,1H3. The number of aliphatic hydroxyl groups excluding tert-OH is 1. The van der Waals surface area contributed by atoms with Crippen LogP contribution in [0.5, 0.6) is 0 Å². The van der Waals surface area contributed by atoms with Gasteiger partial charge in [-0.1, -0.05) is 18.1 Å². The highest BCUT2D eigenvalue weighted by Crippen LogP contribution is 2.16. The predicted octanol–water partition coefficient (Wildman–Crippen LogP) is 1.87. The van der Waals surface area contributed by atoms with Gasteiger partial charge in [-0.3, -0.25) is 0 Å². The molecule has 1 aliphatic rings. The van der Waals surface area contributed by atoms with Crippen LogP contribution in [-0.4, -0.2) is 11.2 Å². The van der Waals surface area contributed by atoms with Gasteiger partial charge < -0.3 is 5.11 Å². The first-order chi connectivity index (χ1) is 4.29. The minimum atomic E-state index is -0.160. The fourth-order valence-electron chi connectivity index (χ4n) is 1.25. The molecule has 0 aromatic heterocycles. The van der Waals surface area contributed by atoms with Crippen LogP contribution in [0.1, 0.15) is 32.6 Å². The van der Waals surface area contributed by atoms with Crippen molar-refractivity contribution in [3.63, 3.8) is 0 Å². The summed E-state index contributed by atoms with van der Waals surface area (Å²) < 4.78 is 0. The maximum Gasteiger partial charge on any atom is 0.0723 e. The van der Waals surface area contributed by atoms with Crippen molar-refractivity contribution in [2.45, 2.75) is 38.7 Å². The summed E-state index contributed by atoms with van der Waals surface area (Å²) >= 11 is 0. The molecule has 1 atom stereocenters. The molecule has 1 heteroatoms. The zero-order valence-electron chi connectivity index (χ0n) is 5.93. The van der Waals surface area contributed by atoms with Gasteiger partial charge in [-0.05, 0) is 26.2 Å². The predicted molar refractivity (Wildman–Crippen MR) is 38.2 cm³/mol. The molecule has 1 nitrogen and oxygen atoms in total. The highest BCUT2D eigenvalue weighted by molar-refractivity contribution is 5.03. The highest BCUT2D eigenvalue weighted by Gasteiger charge is 2.04. The van der Waals surface area contributed by atoms with Gasteiger partial charge in [0.2, 0.25) is 0 Å². The Morgan fingerprint density at radius 3 is 3.11 bits per heavy atom. The molecule has 0 aromatic rings. The normalized spacial score (nSPS) is 29.1. The summed E-state index contributed by atoms with van der Waals surface area (Å²) in [6, 6.07) is 0. The van der Waals surface area contributed by atoms with Crippen LogP contribution >= 0.6 is 0 Å². The van der Waals surface area contributed by atoms with Crippen molar-refractivity contribution in [3.8, 4) is 0 Å². The minimum absolute atomic E-state index is 0.160. The molecule has 0 bridgehead atoms. The molecule has 0 radical (unpaired) electrons. The second kappa shape index (κ2) is 3.02. The summed E-state index contributed by atoms with van der Waals surface area (Å²) in [4.78, 5) is 0. The molecule has 1 N–H and O–H groups in total. The summed E-state index contributed by atoms with van der Waals surface area (Å²) in [6.45, 7) is 2.09. The van der Waals surface area contributed by atoms with Gasteiger partial charge in [0.15, 0.2) is 0 Å². The molecule has 1 aliphatic carbocycles. The number of aliphatic hydroxyl groups is 1. The molecule has 0 heterocycles. The topological polar surface area (TPSA) is 20.2 Å². The van der Waals surface area contributed by atoms with Crippen LogP contribution in [0, 0.1) is 0 Å². The van der Waals surface area contributed by atoms with E-state index in [1.54, 1.807) is 0 Å². The van der Waals surface area contributed by atoms with Crippen molar-refractivity contribution >= 4 is 0 Å². The smallest absolute Gasteiger partial charge is 0.0723 e. The quantitative estimate of drug-likeness (QED) is 0.491. The van der Waals surface area contributed by atoms with Crippen molar-refractivity contribution in [1.29, 1.82) is 0 Å². The van der Waals surface area contributed by atoms with Crippen molar-refractivity contribution in [2.75, 3.05) is 0 Å². The SMILES string of the molecule is CC1=CC(O)CCCC1. The molecular formula is C8H14O. The molecule has 0 amide bonds. The van der Waals surface area contributed by atoms with Gasteiger partial charge in [0.05, 0.1) is 6.10 Å². The van der Waals surface area contributed by atoms with E-state index in [4.69, 9.17) is 0 Å². The molecular weight excluding hydrogens is 112 g/mol. The van der Waals surface area contributed by atoms with Crippen molar-refractivity contribution in [1.82, 2.24) is 0 Å². The third kappa shape index (κ3) is 2.19. The highest BCUT2D eigenvalue weighted by atomic mass is 16.3. The van der Waals surface area contributed by atoms with Gasteiger partial charge >= 0.3 is 0 Å². The van der Waals surface area contributed by atoms with Crippen LogP contribution in [0.25, 0.3) is 0 Å². The second-order valence-electron chi connectivity index (χ2n) is 2.83. The first-order valence-corrected chi connectivity index (χ1v) is 3.64. The van der Waals surface area contributed by atoms with Crippen LogP contribution in [0.15, 0.2) is 11.6 Å². The van der Waals surface area contributed by atoms with E-state index in [1.165, 1.54) is 24.8 Å². The number of allylic oxidation sites excluding steroid dienone is 1. The van der Waals surface area contributed by atoms with E-state index in [-0.39, 0.29) is 6.10 Å². The van der Waals surface area contributed by atoms with Crippen LogP contribution in [0.2, 0.25) is 0 Å². The zero-order valence-corrected chi connectivity index (χ0v) is 5.93. The molecule has 1 rings (SSSR count). The van der Waals surface area contributed by atoms with E-state index in [1.807, 2.05) is 6.08 Å². The summed E-state index contributed by atoms with van der Waals surface area (Å²) in [7, 11) is 0. The Balaban J connectivity index is 2.49. The third-order valence-corrected chi connectivity index (χ3v) is 1.80. The molecule has 0 saturated carbocycles. The Morgan fingerprint density at radius 1 is 1.56 bits per heavy atom. The number of rotatable bonds is 0. The second-order valence-corrected chi connectivity index (χ2v) is 2.83. The molecule has 0 aromatic carbocycles. The third-order valence-electron chi connectivity index (χ3n) is 1.80. The van der Waals surface area contributed by atoms with Gasteiger partial charge in [-0.2, -0.15) is 0 Å². The van der Waals surface area contributed by atoms with E-state index in [9.17, 15) is 5.11 Å². The summed E-state index contributed by atoms with van der Waals surface area (Å²) in [5, 5.41) is 9.18. The molecule has 1 unspecified atom stereocenters. The van der Waals surface area contributed by atoms with Crippen LogP contribution in [0.4, 0.5) is 0 Å². The zero-order chi connectivity index (χ0) is 6.69. The van der Waals surface area contributed by atoms with E-state index < -0.39 is 0 Å². The van der Waals surface area contributed by atoms with Crippen LogP contribution in [-0.2, 0) is 0 Å². The maximum atomic E-state index is 9.18. The van der Waals surface area contributed by atoms with E-state index in [0.717, 1.165) is 6.42 Å². The van der Waals surface area contributed by atoms with Crippen molar-refractivity contribution < 1.29 is 5.11 Å². The fraction of sp³-hybridized carbons (Fsp3) is 0.750. The Morgan fingerprint density at radius 2 is 2.33 bits per heavy atom. The maximum absolute atomic E-state index is 9.18. The first kappa shape index (κ1) is 6.81. The Labute approximate surface area is 56.4 Å². The van der Waals surface area contributed by atoms with E-state index in [2.05, 4.69) is 6.92 Å². The Hall–Kier alpha value is -0.300. The van der Waals surface area contributed by atoms with Crippen LogP contribution < -0.4 is 0 Å². The average Bonchev–Trinajstić information content (AvgIpc) is 1.93. The summed E-state index contributed by atoms with van der Waals surface area (Å²) in [5.41, 5.74) is 1.35. The Bertz CT molecular complexity index is 116. The van der Waals surface area contributed by atoms with E-state index >= 15 is 0 Å². The lowest BCUT2D eigenvalue weighted by Crippen LogP contribution is -1.99. The first-order valence-electron chi connectivity index (χ1n) is 3.64. The van der Waals surface area contributed by atoms with Gasteiger partial charge in [0.1, 0.15) is 0 Å². The molecule has 0 aliphatic heterocycles. The Kier molecular flexibility index (Phi) is 2.29. The molecule has 0 saturated heterocycles. The average molecular weight is 126 g/mol. The van der Waals surface area contributed by atoms with Crippen molar-refractivity contribution in [3.05, 3.63) is 11.6 Å². The number of hydrogen-bond donors (Lipinski definition) is 1. The summed E-state index contributed by atoms with van der Waals surface area (Å²) in [5.74, 6) is 0. The van der Waals surface area contributed by atoms with Gasteiger partial charge in [0, 0.05) is 0 Å². The molecule has 52 valence electrons. The largest absolute Gasteiger partial charge is 0.389 e. The fourth-order valence-corrected chi connectivity index (χ4v) is 1.25. The number of hydrogen-bond acceptors (Lipinski definition) is 1. The van der Waals surface area contributed by atoms with Gasteiger partial charge in [0.25, 0.3) is 0 Å². The lowest BCUT2D eigenvalue weighted by atomic mass is 10.2. The van der Waals surface area contributed by atoms with Gasteiger partial charge in [-0.15, -0.1) is 0 Å². The molecule has 0 spiro atoms. The summed E-state index contributed by atoms with van der Waals surface area (Å²) in [6.07, 6.45) is 6.38. The van der Waals surface area contributed by atoms with Crippen LogP contribution in [0.3, 0.4) is 0 Å². The van der Waals surface area contributed by atoms with Crippen molar-refractivity contribution in [2.24, 2.45) is 0 Å². The minimum Gasteiger partial charge on any atom is -0.389 e. The van der Waals surface area contributed by atoms with Gasteiger partial charge in [-0.25, -0.2) is 0 Å².